The number of anilines is 5. The molecule has 2 aliphatic rings. The summed E-state index contributed by atoms with van der Waals surface area (Å²) in [6.07, 6.45) is 7.33. The van der Waals surface area contributed by atoms with Crippen LogP contribution in [-0.2, 0) is 14.3 Å². The number of carbonyl (C=O) groups excluding carboxylic acids is 4. The Kier molecular flexibility index (Phi) is 13.8. The Morgan fingerprint density at radius 2 is 1.66 bits per heavy atom. The molecule has 0 bridgehead atoms. The van der Waals surface area contributed by atoms with Crippen LogP contribution in [0.1, 0.15) is 81.9 Å². The first kappa shape index (κ1) is 43.0. The lowest BCUT2D eigenvalue weighted by atomic mass is 10.0. The molecule has 1 aliphatic heterocycles. The number of hydrogen-bond donors (Lipinski definition) is 4. The van der Waals surface area contributed by atoms with Crippen LogP contribution < -0.4 is 31.7 Å². The molecule has 4 N–H and O–H groups in total. The van der Waals surface area contributed by atoms with E-state index in [1.54, 1.807) is 48.1 Å². The zero-order chi connectivity index (χ0) is 43.0. The molecule has 0 unspecified atom stereocenters. The number of ether oxygens (including phenoxy) is 1. The molecule has 1 saturated carbocycles. The van der Waals surface area contributed by atoms with Crippen LogP contribution in [0.5, 0.6) is 0 Å². The fourth-order valence-corrected chi connectivity index (χ4v) is 8.53. The second kappa shape index (κ2) is 19.5. The van der Waals surface area contributed by atoms with Crippen LogP contribution in [-0.4, -0.2) is 105 Å². The average molecular weight is 850 g/mol. The lowest BCUT2D eigenvalue weighted by Crippen LogP contribution is -2.49. The van der Waals surface area contributed by atoms with Crippen molar-refractivity contribution in [1.82, 2.24) is 34.7 Å². The lowest BCUT2D eigenvalue weighted by molar-refractivity contribution is -0.123. The van der Waals surface area contributed by atoms with Crippen molar-refractivity contribution in [1.29, 1.82) is 0 Å². The molecule has 5 aromatic rings. The molecule has 17 nitrogen and oxygen atoms in total. The van der Waals surface area contributed by atoms with Crippen LogP contribution in [0.3, 0.4) is 0 Å². The molecule has 0 radical (unpaired) electrons. The van der Waals surface area contributed by atoms with Gasteiger partial charge in [0, 0.05) is 55.2 Å². The number of thiazole rings is 1. The number of hydrogen-bond acceptors (Lipinski definition) is 14. The number of rotatable bonds is 16. The third-order valence-corrected chi connectivity index (χ3v) is 12.1. The van der Waals surface area contributed by atoms with E-state index in [-0.39, 0.29) is 66.8 Å². The molecule has 1 aliphatic carbocycles. The van der Waals surface area contributed by atoms with E-state index in [1.807, 2.05) is 26.0 Å². The highest BCUT2D eigenvalue weighted by molar-refractivity contribution is 7.15. The molecule has 1 saturated heterocycles. The predicted molar refractivity (Wildman–Crippen MR) is 235 cm³/mol. The Bertz CT molecular complexity index is 2450. The normalized spacial score (nSPS) is 14.6. The number of aromatic nitrogens is 5. The quantitative estimate of drug-likeness (QED) is 0.0749. The van der Waals surface area contributed by atoms with Crippen molar-refractivity contribution < 1.29 is 23.9 Å². The summed E-state index contributed by atoms with van der Waals surface area (Å²) in [5.74, 6) is -0.144. The zero-order valence-corrected chi connectivity index (χ0v) is 35.7. The van der Waals surface area contributed by atoms with Crippen LogP contribution in [0.25, 0.3) is 11.0 Å². The fourth-order valence-electron chi connectivity index (χ4n) is 7.72. The van der Waals surface area contributed by atoms with Crippen molar-refractivity contribution in [3.8, 4) is 0 Å². The van der Waals surface area contributed by atoms with E-state index in [4.69, 9.17) is 9.72 Å². The van der Waals surface area contributed by atoms with Gasteiger partial charge in [0.1, 0.15) is 11.5 Å². The molecule has 4 aromatic heterocycles. The summed E-state index contributed by atoms with van der Waals surface area (Å²) >= 11 is 1.39. The van der Waals surface area contributed by atoms with Gasteiger partial charge in [-0.3, -0.25) is 38.8 Å². The number of ketones is 1. The highest BCUT2D eigenvalue weighted by Gasteiger charge is 2.26. The zero-order valence-electron chi connectivity index (χ0n) is 34.9. The number of para-hydroxylation sites is 1. The maximum atomic E-state index is 13.5. The van der Waals surface area contributed by atoms with Gasteiger partial charge >= 0.3 is 0 Å². The van der Waals surface area contributed by atoms with Gasteiger partial charge in [-0.25, -0.2) is 15.0 Å². The predicted octanol–water partition coefficient (Wildman–Crippen LogP) is 5.17. The highest BCUT2D eigenvalue weighted by Crippen LogP contribution is 2.32. The summed E-state index contributed by atoms with van der Waals surface area (Å²) in [6, 6.07) is 10.6. The molecular formula is C43H51N11O6S. The smallest absolute Gasteiger partial charge is 0.263 e. The molecule has 61 heavy (non-hydrogen) atoms. The summed E-state index contributed by atoms with van der Waals surface area (Å²) in [6.45, 7) is 10.9. The summed E-state index contributed by atoms with van der Waals surface area (Å²) in [5.41, 5.74) is 3.56. The first-order chi connectivity index (χ1) is 29.4. The third-order valence-electron chi connectivity index (χ3n) is 11.1. The van der Waals surface area contributed by atoms with Gasteiger partial charge in [0.2, 0.25) is 17.8 Å². The monoisotopic (exact) mass is 849 g/mol. The summed E-state index contributed by atoms with van der Waals surface area (Å²) in [7, 11) is 0. The minimum absolute atomic E-state index is 0.00781. The van der Waals surface area contributed by atoms with Gasteiger partial charge in [-0.2, -0.15) is 4.98 Å². The van der Waals surface area contributed by atoms with Crippen molar-refractivity contribution in [3.05, 3.63) is 86.4 Å². The number of nitrogens with one attached hydrogen (secondary N) is 4. The number of carbonyl (C=O) groups is 4. The van der Waals surface area contributed by atoms with Crippen molar-refractivity contribution in [3.63, 3.8) is 0 Å². The number of fused-ring (bicyclic) bond motifs is 1. The second-order valence-electron chi connectivity index (χ2n) is 15.3. The third kappa shape index (κ3) is 10.4. The molecule has 2 fully saturated rings. The maximum Gasteiger partial charge on any atom is 0.263 e. The Hall–Kier alpha value is -6.11. The first-order valence-electron chi connectivity index (χ1n) is 20.6. The van der Waals surface area contributed by atoms with Gasteiger partial charge < -0.3 is 25.6 Å². The Morgan fingerprint density at radius 3 is 2.36 bits per heavy atom. The van der Waals surface area contributed by atoms with E-state index in [2.05, 4.69) is 46.0 Å². The number of benzene rings is 1. The van der Waals surface area contributed by atoms with E-state index in [0.717, 1.165) is 55.0 Å². The minimum Gasteiger partial charge on any atom is -0.379 e. The van der Waals surface area contributed by atoms with Crippen LogP contribution in [0, 0.1) is 20.8 Å². The van der Waals surface area contributed by atoms with Crippen LogP contribution in [0.2, 0.25) is 0 Å². The van der Waals surface area contributed by atoms with E-state index >= 15 is 0 Å². The average Bonchev–Trinajstić information content (AvgIpc) is 3.88. The van der Waals surface area contributed by atoms with Crippen molar-refractivity contribution >= 4 is 74.1 Å². The molecule has 0 atom stereocenters. The summed E-state index contributed by atoms with van der Waals surface area (Å²) < 4.78 is 7.29. The van der Waals surface area contributed by atoms with Crippen molar-refractivity contribution in [2.45, 2.75) is 65.8 Å². The largest absolute Gasteiger partial charge is 0.379 e. The van der Waals surface area contributed by atoms with Gasteiger partial charge in [0.15, 0.2) is 10.9 Å². The van der Waals surface area contributed by atoms with Gasteiger partial charge in [0.05, 0.1) is 60.6 Å². The van der Waals surface area contributed by atoms with Crippen LogP contribution in [0.15, 0.2) is 53.6 Å². The molecule has 18 heteroatoms. The van der Waals surface area contributed by atoms with E-state index in [9.17, 15) is 24.0 Å². The number of Topliss-reactive ketones (excluding diaryl/α,β-unsaturated/α-hetero) is 1. The number of pyridine rings is 2. The fraction of sp³-hybridized carbons (Fsp3) is 0.419. The van der Waals surface area contributed by atoms with Crippen LogP contribution >= 0.6 is 11.3 Å². The number of aryl methyl sites for hydroxylation is 3. The number of amides is 3. The SMILES string of the molecule is CC(=O)c1c(C)c2cnc(Nc3ccc(N4CCN(CC(=O)NCCOCCC(=O)Nc5ccccc5C(=O)Nc5nc(C)c(C)s5)CC4)cn3)nc2n(C2CCCC2)c1=O. The molecule has 7 rings (SSSR count). The Balaban J connectivity index is 0.812. The molecule has 3 amide bonds. The summed E-state index contributed by atoms with van der Waals surface area (Å²) in [5, 5.41) is 12.8. The van der Waals surface area contributed by atoms with E-state index in [1.165, 1.54) is 18.3 Å². The number of nitrogens with zero attached hydrogens (tertiary/aromatic N) is 7. The Labute approximate surface area is 357 Å². The summed E-state index contributed by atoms with van der Waals surface area (Å²) in [4.78, 5) is 87.7. The molecule has 1 aromatic carbocycles. The molecule has 320 valence electrons. The first-order valence-corrected chi connectivity index (χ1v) is 21.4. The van der Waals surface area contributed by atoms with Gasteiger partial charge in [0.25, 0.3) is 11.5 Å². The molecule has 5 heterocycles. The topological polar surface area (TPSA) is 206 Å². The Morgan fingerprint density at radius 1 is 0.885 bits per heavy atom. The minimum atomic E-state index is -0.360. The number of piperazine rings is 1. The van der Waals surface area contributed by atoms with Gasteiger partial charge in [-0.15, -0.1) is 11.3 Å². The highest BCUT2D eigenvalue weighted by atomic mass is 32.1. The van der Waals surface area contributed by atoms with E-state index in [0.29, 0.717) is 64.4 Å². The molecular weight excluding hydrogens is 799 g/mol. The van der Waals surface area contributed by atoms with Crippen molar-refractivity contribution in [2.75, 3.05) is 73.3 Å². The maximum absolute atomic E-state index is 13.5. The lowest BCUT2D eigenvalue weighted by Gasteiger charge is -2.35. The van der Waals surface area contributed by atoms with E-state index < -0.39 is 0 Å². The van der Waals surface area contributed by atoms with Crippen molar-refractivity contribution in [2.24, 2.45) is 0 Å². The molecule has 0 spiro atoms. The second-order valence-corrected chi connectivity index (χ2v) is 16.5. The van der Waals surface area contributed by atoms with Gasteiger partial charge in [-0.05, 0) is 70.4 Å². The van der Waals surface area contributed by atoms with Crippen LogP contribution in [0.4, 0.5) is 28.3 Å². The van der Waals surface area contributed by atoms with Gasteiger partial charge in [-0.1, -0.05) is 25.0 Å². The standard InChI is InChI=1S/C43H51N11O6S/c1-26-33-24-46-42(50-39(33)54(30-9-5-6-10-30)41(59)38(26)28(3)55)49-35-14-13-31(23-45-35)53-19-17-52(18-20-53)25-37(57)44-16-22-60-21-15-36(56)48-34-12-8-7-11-32(34)40(58)51-43-47-27(2)29(4)61-43/h7-8,11-14,23-24,30H,5-6,9-10,15-22,25H2,1-4H3,(H,44,57)(H,48,56)(H,47,51,58)(H,45,46,49,50).